The molecule has 1 amide bonds. The minimum absolute atomic E-state index is 0.583. The van der Waals surface area contributed by atoms with E-state index in [2.05, 4.69) is 10.3 Å². The second-order valence-electron chi connectivity index (χ2n) is 5.00. The number of hydrogen-bond acceptors (Lipinski definition) is 4. The van der Waals surface area contributed by atoms with Gasteiger partial charge in [0.1, 0.15) is 0 Å². The van der Waals surface area contributed by atoms with E-state index >= 15 is 0 Å². The molecular formula is C13H21N3OS. The Hall–Kier alpha value is -0.940. The number of hydrogen-bond donors (Lipinski definition) is 2. The topological polar surface area (TPSA) is 68.0 Å². The number of aromatic nitrogens is 1. The van der Waals surface area contributed by atoms with Crippen LogP contribution in [0.25, 0.3) is 0 Å². The van der Waals surface area contributed by atoms with E-state index in [1.807, 2.05) is 6.20 Å². The summed E-state index contributed by atoms with van der Waals surface area (Å²) in [5.74, 6) is 0.684. The van der Waals surface area contributed by atoms with E-state index in [1.165, 1.54) is 49.8 Å². The van der Waals surface area contributed by atoms with Crippen molar-refractivity contribution in [3.8, 4) is 0 Å². The van der Waals surface area contributed by atoms with Crippen LogP contribution < -0.4 is 11.1 Å². The van der Waals surface area contributed by atoms with E-state index in [1.54, 1.807) is 11.3 Å². The highest BCUT2D eigenvalue weighted by Crippen LogP contribution is 2.36. The van der Waals surface area contributed by atoms with Crippen LogP contribution in [-0.2, 0) is 4.79 Å². The van der Waals surface area contributed by atoms with Gasteiger partial charge in [-0.05, 0) is 31.6 Å². The molecule has 2 fully saturated rings. The Morgan fingerprint density at radius 1 is 1.28 bits per heavy atom. The quantitative estimate of drug-likeness (QED) is 0.827. The summed E-state index contributed by atoms with van der Waals surface area (Å²) in [4.78, 5) is 15.7. The predicted molar refractivity (Wildman–Crippen MR) is 74.8 cm³/mol. The van der Waals surface area contributed by atoms with Crippen LogP contribution in [0.5, 0.6) is 0 Å². The van der Waals surface area contributed by atoms with Crippen LogP contribution >= 0.6 is 11.3 Å². The molecule has 0 saturated heterocycles. The molecule has 0 unspecified atom stereocenters. The van der Waals surface area contributed by atoms with E-state index in [4.69, 9.17) is 5.73 Å². The standard InChI is InChI=1S/C10H14N2OS.C3H7N/c13-7-12-10-11-6-9(14-10)8-4-2-1-3-5-8;4-3-1-2-3/h6-8H,1-5H2,(H,11,12,13);3H,1-2,4H2. The van der Waals surface area contributed by atoms with E-state index in [0.29, 0.717) is 18.4 Å². The van der Waals surface area contributed by atoms with E-state index in [-0.39, 0.29) is 0 Å². The molecule has 18 heavy (non-hydrogen) atoms. The summed E-state index contributed by atoms with van der Waals surface area (Å²) in [5.41, 5.74) is 5.22. The fourth-order valence-corrected chi connectivity index (χ4v) is 3.02. The lowest BCUT2D eigenvalue weighted by molar-refractivity contribution is -0.105. The fraction of sp³-hybridized carbons (Fsp3) is 0.692. The third-order valence-corrected chi connectivity index (χ3v) is 4.43. The molecule has 1 aromatic rings. The third-order valence-electron chi connectivity index (χ3n) is 3.34. The van der Waals surface area contributed by atoms with Gasteiger partial charge >= 0.3 is 0 Å². The van der Waals surface area contributed by atoms with Gasteiger partial charge in [-0.2, -0.15) is 0 Å². The number of nitrogens with one attached hydrogen (secondary N) is 1. The zero-order valence-electron chi connectivity index (χ0n) is 10.6. The number of carbonyl (C=O) groups is 1. The largest absolute Gasteiger partial charge is 0.328 e. The molecule has 3 N–H and O–H groups in total. The van der Waals surface area contributed by atoms with Gasteiger partial charge in [-0.1, -0.05) is 19.3 Å². The predicted octanol–water partition coefficient (Wildman–Crippen LogP) is 2.87. The van der Waals surface area contributed by atoms with Crippen molar-refractivity contribution in [2.24, 2.45) is 5.73 Å². The summed E-state index contributed by atoms with van der Waals surface area (Å²) in [5, 5.41) is 3.32. The highest BCUT2D eigenvalue weighted by Gasteiger charge is 2.17. The second kappa shape index (κ2) is 6.85. The lowest BCUT2D eigenvalue weighted by atomic mass is 9.89. The van der Waals surface area contributed by atoms with Crippen molar-refractivity contribution in [1.29, 1.82) is 0 Å². The third kappa shape index (κ3) is 4.38. The van der Waals surface area contributed by atoms with Gasteiger partial charge in [0.2, 0.25) is 6.41 Å². The average Bonchev–Trinajstić information content (AvgIpc) is 3.05. The number of amides is 1. The maximum atomic E-state index is 10.2. The van der Waals surface area contributed by atoms with Crippen LogP contribution in [0.2, 0.25) is 0 Å². The lowest BCUT2D eigenvalue weighted by Gasteiger charge is -2.19. The van der Waals surface area contributed by atoms with Gasteiger partial charge in [0.05, 0.1) is 0 Å². The fourth-order valence-electron chi connectivity index (χ4n) is 2.08. The Morgan fingerprint density at radius 3 is 2.50 bits per heavy atom. The zero-order chi connectivity index (χ0) is 12.8. The first-order chi connectivity index (χ1) is 8.79. The van der Waals surface area contributed by atoms with E-state index in [9.17, 15) is 4.79 Å². The molecule has 3 rings (SSSR count). The van der Waals surface area contributed by atoms with Crippen molar-refractivity contribution in [2.45, 2.75) is 56.9 Å². The highest BCUT2D eigenvalue weighted by molar-refractivity contribution is 7.15. The first kappa shape index (κ1) is 13.5. The van der Waals surface area contributed by atoms with Gasteiger partial charge in [-0.15, -0.1) is 11.3 Å². The van der Waals surface area contributed by atoms with Crippen molar-refractivity contribution in [3.63, 3.8) is 0 Å². The van der Waals surface area contributed by atoms with Crippen molar-refractivity contribution < 1.29 is 4.79 Å². The van der Waals surface area contributed by atoms with Crippen LogP contribution in [0.15, 0.2) is 6.20 Å². The minimum Gasteiger partial charge on any atom is -0.328 e. The molecule has 0 bridgehead atoms. The molecule has 2 aliphatic carbocycles. The Morgan fingerprint density at radius 2 is 1.94 bits per heavy atom. The molecule has 0 aliphatic heterocycles. The van der Waals surface area contributed by atoms with Gasteiger partial charge in [0.15, 0.2) is 5.13 Å². The van der Waals surface area contributed by atoms with Gasteiger partial charge in [-0.3, -0.25) is 4.79 Å². The Labute approximate surface area is 112 Å². The second-order valence-corrected chi connectivity index (χ2v) is 6.06. The summed E-state index contributed by atoms with van der Waals surface area (Å²) in [7, 11) is 0. The Balaban J connectivity index is 0.000000256. The first-order valence-corrected chi connectivity index (χ1v) is 7.52. The van der Waals surface area contributed by atoms with Crippen LogP contribution in [0.1, 0.15) is 55.7 Å². The summed E-state index contributed by atoms with van der Waals surface area (Å²) < 4.78 is 0. The van der Waals surface area contributed by atoms with E-state index < -0.39 is 0 Å². The van der Waals surface area contributed by atoms with Crippen LogP contribution in [0.3, 0.4) is 0 Å². The molecule has 2 aliphatic rings. The Kier molecular flexibility index (Phi) is 5.13. The minimum atomic E-state index is 0.583. The molecule has 100 valence electrons. The lowest BCUT2D eigenvalue weighted by Crippen LogP contribution is -2.02. The van der Waals surface area contributed by atoms with Crippen LogP contribution in [0, 0.1) is 0 Å². The number of carbonyl (C=O) groups excluding carboxylic acids is 1. The maximum absolute atomic E-state index is 10.2. The molecule has 1 aromatic heterocycles. The molecule has 0 spiro atoms. The number of nitrogens with zero attached hydrogens (tertiary/aromatic N) is 1. The summed E-state index contributed by atoms with van der Waals surface area (Å²) >= 11 is 1.61. The van der Waals surface area contributed by atoms with Crippen molar-refractivity contribution in [3.05, 3.63) is 11.1 Å². The van der Waals surface area contributed by atoms with Crippen molar-refractivity contribution >= 4 is 22.9 Å². The SMILES string of the molecule is NC1CC1.O=CNc1ncc(C2CCCCC2)s1. The molecule has 0 atom stereocenters. The number of nitrogens with two attached hydrogens (primary N) is 1. The molecule has 5 heteroatoms. The maximum Gasteiger partial charge on any atom is 0.213 e. The van der Waals surface area contributed by atoms with Gasteiger partial charge in [-0.25, -0.2) is 4.98 Å². The van der Waals surface area contributed by atoms with Gasteiger partial charge in [0.25, 0.3) is 0 Å². The van der Waals surface area contributed by atoms with Crippen LogP contribution in [0.4, 0.5) is 5.13 Å². The molecule has 0 radical (unpaired) electrons. The molecule has 0 aromatic carbocycles. The molecule has 1 heterocycles. The monoisotopic (exact) mass is 267 g/mol. The summed E-state index contributed by atoms with van der Waals surface area (Å²) in [6.07, 6.45) is 11.7. The van der Waals surface area contributed by atoms with Crippen molar-refractivity contribution in [2.75, 3.05) is 5.32 Å². The summed E-state index contributed by atoms with van der Waals surface area (Å²) in [6, 6.07) is 0.583. The molecular weight excluding hydrogens is 246 g/mol. The molecule has 4 nitrogen and oxygen atoms in total. The van der Waals surface area contributed by atoms with E-state index in [0.717, 1.165) is 5.13 Å². The molecule has 2 saturated carbocycles. The Bertz CT molecular complexity index is 370. The summed E-state index contributed by atoms with van der Waals surface area (Å²) in [6.45, 7) is 0. The zero-order valence-corrected chi connectivity index (χ0v) is 11.4. The normalized spacial score (nSPS) is 19.8. The van der Waals surface area contributed by atoms with Crippen molar-refractivity contribution in [1.82, 2.24) is 4.98 Å². The smallest absolute Gasteiger partial charge is 0.213 e. The highest BCUT2D eigenvalue weighted by atomic mass is 32.1. The van der Waals surface area contributed by atoms with Gasteiger partial charge in [0, 0.05) is 17.1 Å². The van der Waals surface area contributed by atoms with Gasteiger partial charge < -0.3 is 11.1 Å². The first-order valence-electron chi connectivity index (χ1n) is 6.71. The number of thiazole rings is 1. The average molecular weight is 267 g/mol. The van der Waals surface area contributed by atoms with Crippen LogP contribution in [-0.4, -0.2) is 17.4 Å². The number of anilines is 1. The number of rotatable bonds is 3.